The lowest BCUT2D eigenvalue weighted by atomic mass is 10.1. The van der Waals surface area contributed by atoms with Crippen LogP contribution in [0.3, 0.4) is 0 Å². The van der Waals surface area contributed by atoms with Gasteiger partial charge in [-0.05, 0) is 20.8 Å². The number of nitrogens with zero attached hydrogens (tertiary/aromatic N) is 3. The van der Waals surface area contributed by atoms with Crippen molar-refractivity contribution < 1.29 is 4.52 Å². The highest BCUT2D eigenvalue weighted by Gasteiger charge is 2.16. The van der Waals surface area contributed by atoms with Crippen LogP contribution in [-0.4, -0.2) is 15.1 Å². The van der Waals surface area contributed by atoms with E-state index in [1.165, 1.54) is 0 Å². The zero-order chi connectivity index (χ0) is 12.4. The Morgan fingerprint density at radius 2 is 1.94 bits per heavy atom. The lowest BCUT2D eigenvalue weighted by Gasteiger charge is -2.13. The van der Waals surface area contributed by atoms with Gasteiger partial charge in [-0.15, -0.1) is 0 Å². The highest BCUT2D eigenvalue weighted by Crippen LogP contribution is 2.23. The first-order chi connectivity index (χ1) is 8.08. The van der Waals surface area contributed by atoms with E-state index in [0.717, 1.165) is 17.0 Å². The van der Waals surface area contributed by atoms with E-state index >= 15 is 0 Å². The number of aromatic nitrogens is 3. The molecule has 0 saturated carbocycles. The molecule has 17 heavy (non-hydrogen) atoms. The molecule has 90 valence electrons. The van der Waals surface area contributed by atoms with Crippen molar-refractivity contribution in [2.24, 2.45) is 0 Å². The third-order valence-electron chi connectivity index (χ3n) is 2.49. The number of hydrogen-bond donors (Lipinski definition) is 1. The second-order valence-corrected chi connectivity index (χ2v) is 4.27. The summed E-state index contributed by atoms with van der Waals surface area (Å²) < 4.78 is 5.12. The molecule has 0 aliphatic rings. The van der Waals surface area contributed by atoms with Crippen molar-refractivity contribution in [1.29, 1.82) is 0 Å². The van der Waals surface area contributed by atoms with Gasteiger partial charge in [0, 0.05) is 5.56 Å². The maximum absolute atomic E-state index is 5.72. The summed E-state index contributed by atoms with van der Waals surface area (Å²) in [4.78, 5) is 8.16. The first-order valence-electron chi connectivity index (χ1n) is 5.24. The standard InChI is InChI=1S/C11H13ClN4O/c1-6(10-7(2)16-17-8(10)3)15-11-13-4-9(12)5-14-11/h4-6H,1-3H3,(H,13,14,15). The van der Waals surface area contributed by atoms with Crippen LogP contribution in [0.1, 0.15) is 30.0 Å². The number of hydrogen-bond acceptors (Lipinski definition) is 5. The van der Waals surface area contributed by atoms with Crippen LogP contribution in [0.25, 0.3) is 0 Å². The molecule has 2 heterocycles. The zero-order valence-corrected chi connectivity index (χ0v) is 10.6. The molecule has 2 rings (SSSR count). The summed E-state index contributed by atoms with van der Waals surface area (Å²) in [7, 11) is 0. The van der Waals surface area contributed by atoms with E-state index < -0.39 is 0 Å². The minimum absolute atomic E-state index is 0.0300. The van der Waals surface area contributed by atoms with Gasteiger partial charge in [0.05, 0.1) is 29.2 Å². The van der Waals surface area contributed by atoms with Gasteiger partial charge in [-0.3, -0.25) is 0 Å². The van der Waals surface area contributed by atoms with Crippen molar-refractivity contribution >= 4 is 17.5 Å². The van der Waals surface area contributed by atoms with Crippen LogP contribution in [-0.2, 0) is 0 Å². The Hall–Kier alpha value is -1.62. The Morgan fingerprint density at radius 3 is 2.47 bits per heavy atom. The number of nitrogens with one attached hydrogen (secondary N) is 1. The molecule has 2 aromatic heterocycles. The zero-order valence-electron chi connectivity index (χ0n) is 9.86. The number of rotatable bonds is 3. The fourth-order valence-electron chi connectivity index (χ4n) is 1.76. The molecule has 6 heteroatoms. The smallest absolute Gasteiger partial charge is 0.223 e. The van der Waals surface area contributed by atoms with Crippen molar-refractivity contribution in [3.8, 4) is 0 Å². The van der Waals surface area contributed by atoms with Gasteiger partial charge in [-0.1, -0.05) is 16.8 Å². The lowest BCUT2D eigenvalue weighted by molar-refractivity contribution is 0.392. The Labute approximate surface area is 104 Å². The molecular weight excluding hydrogens is 240 g/mol. The Balaban J connectivity index is 2.17. The van der Waals surface area contributed by atoms with Crippen molar-refractivity contribution in [3.05, 3.63) is 34.4 Å². The number of anilines is 1. The maximum atomic E-state index is 5.72. The van der Waals surface area contributed by atoms with Crippen LogP contribution in [0.15, 0.2) is 16.9 Å². The minimum atomic E-state index is 0.0300. The van der Waals surface area contributed by atoms with Crippen LogP contribution in [0, 0.1) is 13.8 Å². The van der Waals surface area contributed by atoms with Gasteiger partial charge >= 0.3 is 0 Å². The molecule has 0 spiro atoms. The van der Waals surface area contributed by atoms with Crippen LogP contribution in [0.5, 0.6) is 0 Å². The quantitative estimate of drug-likeness (QED) is 0.910. The van der Waals surface area contributed by atoms with E-state index in [0.29, 0.717) is 11.0 Å². The predicted molar refractivity (Wildman–Crippen MR) is 65.1 cm³/mol. The van der Waals surface area contributed by atoms with E-state index in [9.17, 15) is 0 Å². The van der Waals surface area contributed by atoms with Crippen LogP contribution >= 0.6 is 11.6 Å². The van der Waals surface area contributed by atoms with Gasteiger partial charge in [0.1, 0.15) is 5.76 Å². The average molecular weight is 253 g/mol. The molecule has 0 bridgehead atoms. The van der Waals surface area contributed by atoms with Crippen molar-refractivity contribution in [3.63, 3.8) is 0 Å². The van der Waals surface area contributed by atoms with Gasteiger partial charge in [-0.25, -0.2) is 9.97 Å². The molecule has 0 fully saturated rings. The van der Waals surface area contributed by atoms with Gasteiger partial charge in [0.25, 0.3) is 0 Å². The fourth-order valence-corrected chi connectivity index (χ4v) is 1.86. The third-order valence-corrected chi connectivity index (χ3v) is 2.68. The average Bonchev–Trinajstić information content (AvgIpc) is 2.62. The van der Waals surface area contributed by atoms with E-state index in [4.69, 9.17) is 16.1 Å². The topological polar surface area (TPSA) is 63.8 Å². The summed E-state index contributed by atoms with van der Waals surface area (Å²) in [6.45, 7) is 5.80. The summed E-state index contributed by atoms with van der Waals surface area (Å²) in [5.41, 5.74) is 1.90. The van der Waals surface area contributed by atoms with Crippen molar-refractivity contribution in [1.82, 2.24) is 15.1 Å². The minimum Gasteiger partial charge on any atom is -0.361 e. The maximum Gasteiger partial charge on any atom is 0.223 e. The second kappa shape index (κ2) is 4.71. The molecule has 0 aliphatic carbocycles. The highest BCUT2D eigenvalue weighted by atomic mass is 35.5. The summed E-state index contributed by atoms with van der Waals surface area (Å²) in [5.74, 6) is 1.33. The summed E-state index contributed by atoms with van der Waals surface area (Å²) in [6, 6.07) is 0.0300. The van der Waals surface area contributed by atoms with Crippen LogP contribution in [0.4, 0.5) is 5.95 Å². The van der Waals surface area contributed by atoms with E-state index in [2.05, 4.69) is 20.4 Å². The molecule has 5 nitrogen and oxygen atoms in total. The third kappa shape index (κ3) is 2.55. The molecule has 0 amide bonds. The monoisotopic (exact) mass is 252 g/mol. The predicted octanol–water partition coefficient (Wildman–Crippen LogP) is 2.91. The van der Waals surface area contributed by atoms with Gasteiger partial charge in [-0.2, -0.15) is 0 Å². The van der Waals surface area contributed by atoms with Crippen LogP contribution in [0.2, 0.25) is 5.02 Å². The Kier molecular flexibility index (Phi) is 3.28. The molecule has 0 saturated heterocycles. The molecule has 1 N–H and O–H groups in total. The first kappa shape index (κ1) is 11.9. The molecule has 2 aromatic rings. The lowest BCUT2D eigenvalue weighted by Crippen LogP contribution is -2.10. The van der Waals surface area contributed by atoms with Gasteiger partial charge in [0.2, 0.25) is 5.95 Å². The number of aryl methyl sites for hydroxylation is 2. The molecule has 1 atom stereocenters. The SMILES string of the molecule is Cc1noc(C)c1C(C)Nc1ncc(Cl)cn1. The van der Waals surface area contributed by atoms with E-state index in [1.54, 1.807) is 12.4 Å². The normalized spacial score (nSPS) is 12.5. The molecule has 1 unspecified atom stereocenters. The van der Waals surface area contributed by atoms with Gasteiger partial charge in [0.15, 0.2) is 0 Å². The van der Waals surface area contributed by atoms with Crippen molar-refractivity contribution in [2.75, 3.05) is 5.32 Å². The fraction of sp³-hybridized carbons (Fsp3) is 0.364. The van der Waals surface area contributed by atoms with Crippen LogP contribution < -0.4 is 5.32 Å². The second-order valence-electron chi connectivity index (χ2n) is 3.83. The van der Waals surface area contributed by atoms with Gasteiger partial charge < -0.3 is 9.84 Å². The molecule has 0 aliphatic heterocycles. The summed E-state index contributed by atoms with van der Waals surface area (Å²) >= 11 is 5.72. The highest BCUT2D eigenvalue weighted by molar-refractivity contribution is 6.30. The Morgan fingerprint density at radius 1 is 1.29 bits per heavy atom. The largest absolute Gasteiger partial charge is 0.361 e. The first-order valence-corrected chi connectivity index (χ1v) is 5.62. The van der Waals surface area contributed by atoms with Crippen molar-refractivity contribution in [2.45, 2.75) is 26.8 Å². The number of halogens is 1. The Bertz CT molecular complexity index is 489. The van der Waals surface area contributed by atoms with E-state index in [1.807, 2.05) is 20.8 Å². The molecular formula is C11H13ClN4O. The molecule has 0 aromatic carbocycles. The summed E-state index contributed by atoms with van der Waals surface area (Å²) in [5, 5.41) is 7.60. The molecule has 0 radical (unpaired) electrons. The van der Waals surface area contributed by atoms with E-state index in [-0.39, 0.29) is 6.04 Å². The summed E-state index contributed by atoms with van der Waals surface area (Å²) in [6.07, 6.45) is 3.11.